The molecule has 4 fully saturated rings. The van der Waals surface area contributed by atoms with Gasteiger partial charge in [-0.1, -0.05) is 6.58 Å². The molecule has 0 unspecified atom stereocenters. The molecule has 4 aliphatic rings. The summed E-state index contributed by atoms with van der Waals surface area (Å²) in [6, 6.07) is 0. The average molecular weight is 471 g/mol. The van der Waals surface area contributed by atoms with Crippen LogP contribution in [-0.4, -0.2) is 76.2 Å². The van der Waals surface area contributed by atoms with Crippen molar-refractivity contribution < 1.29 is 43.5 Å². The molecule has 4 rings (SSSR count). The lowest BCUT2D eigenvalue weighted by Gasteiger charge is -2.40. The van der Waals surface area contributed by atoms with Gasteiger partial charge in [-0.15, -0.1) is 11.6 Å². The Bertz CT molecular complexity index is 900. The Morgan fingerprint density at radius 1 is 1.31 bits per heavy atom. The van der Waals surface area contributed by atoms with Gasteiger partial charge in [0.05, 0.1) is 24.0 Å². The van der Waals surface area contributed by atoms with Crippen molar-refractivity contribution in [2.24, 2.45) is 17.8 Å². The molecule has 9 nitrogen and oxygen atoms in total. The van der Waals surface area contributed by atoms with E-state index in [9.17, 15) is 19.5 Å². The summed E-state index contributed by atoms with van der Waals surface area (Å²) >= 11 is 6.26. The van der Waals surface area contributed by atoms with Crippen LogP contribution in [0, 0.1) is 17.8 Å². The summed E-state index contributed by atoms with van der Waals surface area (Å²) in [5, 5.41) is 20.8. The van der Waals surface area contributed by atoms with Gasteiger partial charge in [0, 0.05) is 36.3 Å². The third kappa shape index (κ3) is 3.37. The lowest BCUT2D eigenvalue weighted by Crippen LogP contribution is -2.52. The summed E-state index contributed by atoms with van der Waals surface area (Å²) in [6.07, 6.45) is -1.89. The number of fused-ring (bicyclic) bond motifs is 5. The summed E-state index contributed by atoms with van der Waals surface area (Å²) in [5.74, 6) is -4.10. The number of hydrogen-bond acceptors (Lipinski definition) is 9. The Balaban J connectivity index is 1.78. The monoisotopic (exact) mass is 470 g/mol. The van der Waals surface area contributed by atoms with Crippen molar-refractivity contribution in [2.75, 3.05) is 12.5 Å². The standard InChI is InChI=1S/C22H27ClO9/c1-9(5-6-24)19(26)30-12-7-22(28,8-23)15-14(16-13(12)10(2)20(27)31-16)21(4)18(32-21)17(15)29-11(3)25/h5,12-18,24,28H,2,6-8H2,1,3-4H3/b9-5-/t12-,13-,14+,15+,16+,17+,18-,21+,22+/m1/s1. The minimum atomic E-state index is -1.61. The number of alkyl halides is 1. The van der Waals surface area contributed by atoms with Gasteiger partial charge >= 0.3 is 17.9 Å². The number of ether oxygens (including phenoxy) is 4. The zero-order valence-electron chi connectivity index (χ0n) is 18.1. The molecule has 9 atom stereocenters. The fourth-order valence-electron chi connectivity index (χ4n) is 5.81. The van der Waals surface area contributed by atoms with Crippen LogP contribution in [0.15, 0.2) is 23.8 Å². The molecule has 2 saturated carbocycles. The Morgan fingerprint density at radius 2 is 2.00 bits per heavy atom. The molecule has 0 amide bonds. The van der Waals surface area contributed by atoms with Crippen molar-refractivity contribution >= 4 is 29.5 Å². The maximum atomic E-state index is 12.6. The van der Waals surface area contributed by atoms with Crippen molar-refractivity contribution in [3.8, 4) is 0 Å². The average Bonchev–Trinajstić information content (AvgIpc) is 3.26. The van der Waals surface area contributed by atoms with E-state index >= 15 is 0 Å². The van der Waals surface area contributed by atoms with E-state index in [0.29, 0.717) is 0 Å². The van der Waals surface area contributed by atoms with Gasteiger partial charge in [0.2, 0.25) is 0 Å². The van der Waals surface area contributed by atoms with Crippen molar-refractivity contribution in [1.82, 2.24) is 0 Å². The molecule has 0 aromatic heterocycles. The van der Waals surface area contributed by atoms with Crippen molar-refractivity contribution in [1.29, 1.82) is 0 Å². The summed E-state index contributed by atoms with van der Waals surface area (Å²) < 4.78 is 22.8. The number of aliphatic hydroxyl groups is 2. The topological polar surface area (TPSA) is 132 Å². The molecular formula is C22H27ClO9. The minimum Gasteiger partial charge on any atom is -0.459 e. The fraction of sp³-hybridized carbons (Fsp3) is 0.682. The number of rotatable bonds is 5. The number of halogens is 1. The number of carbonyl (C=O) groups is 3. The van der Waals surface area contributed by atoms with Crippen LogP contribution in [-0.2, 0) is 33.3 Å². The third-order valence-electron chi connectivity index (χ3n) is 7.29. The molecule has 0 spiro atoms. The molecule has 2 aliphatic heterocycles. The Kier molecular flexibility index (Phi) is 5.68. The predicted octanol–water partition coefficient (Wildman–Crippen LogP) is 0.643. The maximum Gasteiger partial charge on any atom is 0.334 e. The van der Waals surface area contributed by atoms with Gasteiger partial charge < -0.3 is 29.2 Å². The first-order chi connectivity index (χ1) is 15.0. The maximum absolute atomic E-state index is 12.6. The van der Waals surface area contributed by atoms with Crippen molar-refractivity contribution in [3.63, 3.8) is 0 Å². The minimum absolute atomic E-state index is 0.118. The van der Waals surface area contributed by atoms with E-state index in [1.165, 1.54) is 19.9 Å². The molecule has 0 radical (unpaired) electrons. The smallest absolute Gasteiger partial charge is 0.334 e. The molecule has 32 heavy (non-hydrogen) atoms. The molecule has 2 saturated heterocycles. The van der Waals surface area contributed by atoms with Gasteiger partial charge in [-0.25, -0.2) is 9.59 Å². The Hall–Kier alpha value is -1.94. The molecule has 2 heterocycles. The quantitative estimate of drug-likeness (QED) is 0.195. The molecule has 176 valence electrons. The molecule has 10 heteroatoms. The van der Waals surface area contributed by atoms with E-state index in [1.54, 1.807) is 0 Å². The van der Waals surface area contributed by atoms with Crippen LogP contribution in [0.2, 0.25) is 0 Å². The number of epoxide rings is 1. The molecule has 2 aliphatic carbocycles. The van der Waals surface area contributed by atoms with E-state index in [2.05, 4.69) is 6.58 Å². The van der Waals surface area contributed by atoms with Crippen LogP contribution in [0.3, 0.4) is 0 Å². The zero-order valence-corrected chi connectivity index (χ0v) is 18.8. The van der Waals surface area contributed by atoms with Gasteiger partial charge in [0.1, 0.15) is 30.0 Å². The van der Waals surface area contributed by atoms with Crippen LogP contribution < -0.4 is 0 Å². The van der Waals surface area contributed by atoms with Crippen LogP contribution in [0.1, 0.15) is 27.2 Å². The zero-order chi connectivity index (χ0) is 23.6. The van der Waals surface area contributed by atoms with Gasteiger partial charge in [0.25, 0.3) is 0 Å². The van der Waals surface area contributed by atoms with Crippen LogP contribution in [0.25, 0.3) is 0 Å². The van der Waals surface area contributed by atoms with E-state index in [0.717, 1.165) is 0 Å². The van der Waals surface area contributed by atoms with Crippen molar-refractivity contribution in [2.45, 2.75) is 62.8 Å². The van der Waals surface area contributed by atoms with Crippen LogP contribution in [0.4, 0.5) is 0 Å². The first-order valence-corrected chi connectivity index (χ1v) is 11.0. The highest BCUT2D eigenvalue weighted by atomic mass is 35.5. The molecule has 2 N–H and O–H groups in total. The highest BCUT2D eigenvalue weighted by Gasteiger charge is 2.80. The second-order valence-corrected chi connectivity index (χ2v) is 9.49. The summed E-state index contributed by atoms with van der Waals surface area (Å²) in [5.41, 5.74) is -2.12. The second kappa shape index (κ2) is 7.83. The third-order valence-corrected chi connectivity index (χ3v) is 7.76. The van der Waals surface area contributed by atoms with Crippen molar-refractivity contribution in [3.05, 3.63) is 23.8 Å². The number of carbonyl (C=O) groups excluding carboxylic acids is 3. The normalized spacial score (nSPS) is 44.7. The summed E-state index contributed by atoms with van der Waals surface area (Å²) in [7, 11) is 0. The van der Waals surface area contributed by atoms with Crippen LogP contribution in [0.5, 0.6) is 0 Å². The Morgan fingerprint density at radius 3 is 2.59 bits per heavy atom. The molecular weight excluding hydrogens is 444 g/mol. The van der Waals surface area contributed by atoms with Gasteiger partial charge in [-0.2, -0.15) is 0 Å². The first kappa shape index (κ1) is 23.2. The SMILES string of the molecule is C=C1C(=O)O[C@H]2[C@H]1[C@H](OC(=O)/C(C)=C\CO)C[C@](O)(CCl)[C@@H]1[C@H](OC(C)=O)[C@H]3O[C@@]3(C)[C@H]21. The van der Waals surface area contributed by atoms with Gasteiger partial charge in [-0.3, -0.25) is 4.79 Å². The summed E-state index contributed by atoms with van der Waals surface area (Å²) in [4.78, 5) is 36.9. The fourth-order valence-corrected chi connectivity index (χ4v) is 6.10. The molecule has 0 bridgehead atoms. The van der Waals surface area contributed by atoms with E-state index < -0.39 is 71.3 Å². The second-order valence-electron chi connectivity index (χ2n) is 9.22. The molecule has 0 aromatic carbocycles. The molecule has 0 aromatic rings. The van der Waals surface area contributed by atoms with E-state index in [1.807, 2.05) is 6.92 Å². The lowest BCUT2D eigenvalue weighted by atomic mass is 9.74. The number of hydrogen-bond donors (Lipinski definition) is 2. The highest BCUT2D eigenvalue weighted by Crippen LogP contribution is 2.65. The summed E-state index contributed by atoms with van der Waals surface area (Å²) in [6.45, 7) is 8.09. The Labute approximate surface area is 190 Å². The predicted molar refractivity (Wildman–Crippen MR) is 109 cm³/mol. The van der Waals surface area contributed by atoms with Crippen LogP contribution >= 0.6 is 11.6 Å². The van der Waals surface area contributed by atoms with Gasteiger partial charge in [-0.05, 0) is 19.9 Å². The largest absolute Gasteiger partial charge is 0.459 e. The first-order valence-electron chi connectivity index (χ1n) is 10.5. The van der Waals surface area contributed by atoms with E-state index in [-0.39, 0.29) is 30.1 Å². The number of aliphatic hydroxyl groups excluding tert-OH is 1. The number of esters is 3. The van der Waals surface area contributed by atoms with E-state index in [4.69, 9.17) is 35.7 Å². The lowest BCUT2D eigenvalue weighted by molar-refractivity contribution is -0.169. The highest BCUT2D eigenvalue weighted by molar-refractivity contribution is 6.18. The van der Waals surface area contributed by atoms with Gasteiger partial charge in [0.15, 0.2) is 0 Å².